The minimum atomic E-state index is -1.26. The summed E-state index contributed by atoms with van der Waals surface area (Å²) < 4.78 is 16.5. The first kappa shape index (κ1) is 14.7. The molecular weight excluding hydrogens is 252 g/mol. The lowest BCUT2D eigenvalue weighted by Gasteiger charge is -2.32. The van der Waals surface area contributed by atoms with E-state index in [1.165, 1.54) is 0 Å². The summed E-state index contributed by atoms with van der Waals surface area (Å²) in [5.41, 5.74) is 0. The molecule has 1 aliphatic heterocycles. The summed E-state index contributed by atoms with van der Waals surface area (Å²) in [7, 11) is 0. The van der Waals surface area contributed by atoms with E-state index >= 15 is 0 Å². The second kappa shape index (κ2) is 6.17. The van der Waals surface area contributed by atoms with Crippen molar-refractivity contribution < 1.29 is 29.2 Å². The van der Waals surface area contributed by atoms with Crippen LogP contribution >= 0.6 is 0 Å². The van der Waals surface area contributed by atoms with Crippen molar-refractivity contribution in [1.29, 1.82) is 0 Å². The molecule has 3 unspecified atom stereocenters. The van der Waals surface area contributed by atoms with Gasteiger partial charge in [0.05, 0.1) is 0 Å². The summed E-state index contributed by atoms with van der Waals surface area (Å²) in [5.74, 6) is -1.96. The predicted molar refractivity (Wildman–Crippen MR) is 65.4 cm³/mol. The van der Waals surface area contributed by atoms with Gasteiger partial charge in [0, 0.05) is 19.4 Å². The van der Waals surface area contributed by atoms with E-state index in [1.807, 2.05) is 6.92 Å². The molecule has 0 aromatic rings. The minimum Gasteiger partial charge on any atom is -0.479 e. The summed E-state index contributed by atoms with van der Waals surface area (Å²) in [6.45, 7) is 2.27. The van der Waals surface area contributed by atoms with E-state index in [0.29, 0.717) is 19.4 Å². The average molecular weight is 274 g/mol. The van der Waals surface area contributed by atoms with Crippen molar-refractivity contribution in [1.82, 2.24) is 0 Å². The Hall–Kier alpha value is -0.690. The summed E-state index contributed by atoms with van der Waals surface area (Å²) in [5, 5.41) is 19.1. The monoisotopic (exact) mass is 274 g/mol. The Bertz CT molecular complexity index is 312. The van der Waals surface area contributed by atoms with E-state index in [2.05, 4.69) is 0 Å². The Kier molecular flexibility index (Phi) is 4.78. The van der Waals surface area contributed by atoms with Crippen molar-refractivity contribution in [2.75, 3.05) is 6.61 Å². The molecule has 1 spiro atoms. The van der Waals surface area contributed by atoms with Crippen LogP contribution in [0.4, 0.5) is 0 Å². The van der Waals surface area contributed by atoms with Crippen molar-refractivity contribution in [3.63, 3.8) is 0 Å². The summed E-state index contributed by atoms with van der Waals surface area (Å²) in [4.78, 5) is 11.2. The highest BCUT2D eigenvalue weighted by Crippen LogP contribution is 2.41. The molecule has 2 aliphatic rings. The van der Waals surface area contributed by atoms with Crippen molar-refractivity contribution in [2.45, 2.75) is 69.7 Å². The summed E-state index contributed by atoms with van der Waals surface area (Å²) >= 11 is 0. The first-order chi connectivity index (χ1) is 9.08. The van der Waals surface area contributed by atoms with Crippen LogP contribution in [0.15, 0.2) is 0 Å². The molecule has 110 valence electrons. The molecule has 2 rings (SSSR count). The van der Waals surface area contributed by atoms with Gasteiger partial charge in [-0.25, -0.2) is 4.79 Å². The lowest BCUT2D eigenvalue weighted by atomic mass is 9.94. The van der Waals surface area contributed by atoms with Gasteiger partial charge in [-0.15, -0.1) is 0 Å². The zero-order valence-corrected chi connectivity index (χ0v) is 11.2. The Morgan fingerprint density at radius 3 is 2.63 bits per heavy atom. The molecule has 0 aromatic heterocycles. The maximum atomic E-state index is 11.2. The lowest BCUT2D eigenvalue weighted by molar-refractivity contribution is -0.225. The predicted octanol–water partition coefficient (Wildman–Crippen LogP) is 1.26. The van der Waals surface area contributed by atoms with E-state index in [0.717, 1.165) is 25.7 Å². The van der Waals surface area contributed by atoms with Crippen LogP contribution in [0, 0.1) is 0 Å². The molecule has 0 amide bonds. The molecule has 0 aromatic carbocycles. The summed E-state index contributed by atoms with van der Waals surface area (Å²) in [6, 6.07) is 0. The van der Waals surface area contributed by atoms with E-state index in [-0.39, 0.29) is 0 Å². The number of rotatable bonds is 5. The van der Waals surface area contributed by atoms with Crippen LogP contribution in [-0.2, 0) is 19.0 Å². The number of aliphatic hydroxyl groups excluding tert-OH is 1. The van der Waals surface area contributed by atoms with Crippen LogP contribution in [0.3, 0.4) is 0 Å². The molecule has 2 fully saturated rings. The Morgan fingerprint density at radius 2 is 2.05 bits per heavy atom. The van der Waals surface area contributed by atoms with Crippen LogP contribution in [0.5, 0.6) is 0 Å². The third kappa shape index (κ3) is 3.25. The Balaban J connectivity index is 2.05. The third-order valence-corrected chi connectivity index (χ3v) is 3.62. The van der Waals surface area contributed by atoms with Gasteiger partial charge in [-0.1, -0.05) is 13.3 Å². The normalized spacial score (nSPS) is 31.5. The number of carboxylic acid groups (broad SMARTS) is 1. The molecule has 1 heterocycles. The van der Waals surface area contributed by atoms with Gasteiger partial charge in [0.25, 0.3) is 0 Å². The van der Waals surface area contributed by atoms with Crippen molar-refractivity contribution in [3.05, 3.63) is 0 Å². The van der Waals surface area contributed by atoms with Crippen LogP contribution in [-0.4, -0.2) is 47.1 Å². The van der Waals surface area contributed by atoms with Gasteiger partial charge in [0.15, 0.2) is 18.2 Å². The zero-order chi connectivity index (χ0) is 13.9. The highest BCUT2D eigenvalue weighted by molar-refractivity contribution is 5.73. The highest BCUT2D eigenvalue weighted by Gasteiger charge is 2.53. The Morgan fingerprint density at radius 1 is 1.37 bits per heavy atom. The topological polar surface area (TPSA) is 85.2 Å². The SMILES string of the molecule is CCCOC(O)C1OC2(CCCCC2)OC1C(=O)O. The third-order valence-electron chi connectivity index (χ3n) is 3.62. The second-order valence-electron chi connectivity index (χ2n) is 5.19. The van der Waals surface area contributed by atoms with Crippen molar-refractivity contribution in [3.8, 4) is 0 Å². The van der Waals surface area contributed by atoms with Gasteiger partial charge >= 0.3 is 5.97 Å². The minimum absolute atomic E-state index is 0.361. The first-order valence-electron chi connectivity index (χ1n) is 6.96. The fourth-order valence-electron chi connectivity index (χ4n) is 2.69. The van der Waals surface area contributed by atoms with Crippen LogP contribution in [0.2, 0.25) is 0 Å². The number of hydrogen-bond acceptors (Lipinski definition) is 5. The molecule has 2 N–H and O–H groups in total. The van der Waals surface area contributed by atoms with E-state index < -0.39 is 30.3 Å². The van der Waals surface area contributed by atoms with Gasteiger partial charge in [-0.05, 0) is 19.3 Å². The van der Waals surface area contributed by atoms with Crippen LogP contribution in [0.1, 0.15) is 45.4 Å². The van der Waals surface area contributed by atoms with Crippen molar-refractivity contribution in [2.24, 2.45) is 0 Å². The van der Waals surface area contributed by atoms with E-state index in [1.54, 1.807) is 0 Å². The molecule has 1 aliphatic carbocycles. The lowest BCUT2D eigenvalue weighted by Crippen LogP contribution is -2.41. The molecule has 6 nitrogen and oxygen atoms in total. The second-order valence-corrected chi connectivity index (χ2v) is 5.19. The molecule has 1 saturated carbocycles. The molecule has 19 heavy (non-hydrogen) atoms. The van der Waals surface area contributed by atoms with E-state index in [4.69, 9.17) is 14.2 Å². The van der Waals surface area contributed by atoms with Crippen LogP contribution < -0.4 is 0 Å². The van der Waals surface area contributed by atoms with Gasteiger partial charge in [-0.3, -0.25) is 0 Å². The van der Waals surface area contributed by atoms with Gasteiger partial charge in [0.2, 0.25) is 0 Å². The standard InChI is InChI=1S/C13H22O6/c1-2-8-17-12(16)10-9(11(14)15)18-13(19-10)6-4-3-5-7-13/h9-10,12,16H,2-8H2,1H3,(H,14,15). The number of carbonyl (C=O) groups is 1. The number of aliphatic hydroxyl groups is 1. The molecule has 0 bridgehead atoms. The fraction of sp³-hybridized carbons (Fsp3) is 0.923. The average Bonchev–Trinajstić information content (AvgIpc) is 2.76. The number of aliphatic carboxylic acids is 1. The first-order valence-corrected chi connectivity index (χ1v) is 6.96. The van der Waals surface area contributed by atoms with E-state index in [9.17, 15) is 15.0 Å². The molecule has 1 saturated heterocycles. The maximum absolute atomic E-state index is 11.2. The van der Waals surface area contributed by atoms with Gasteiger partial charge in [0.1, 0.15) is 6.10 Å². The van der Waals surface area contributed by atoms with Crippen molar-refractivity contribution >= 4 is 5.97 Å². The molecular formula is C13H22O6. The van der Waals surface area contributed by atoms with Crippen LogP contribution in [0.25, 0.3) is 0 Å². The molecule has 6 heteroatoms. The van der Waals surface area contributed by atoms with Gasteiger partial charge < -0.3 is 24.4 Å². The number of ether oxygens (including phenoxy) is 3. The number of carboxylic acids is 1. The van der Waals surface area contributed by atoms with Gasteiger partial charge in [-0.2, -0.15) is 0 Å². The highest BCUT2D eigenvalue weighted by atomic mass is 16.8. The smallest absolute Gasteiger partial charge is 0.335 e. The Labute approximate surface area is 112 Å². The molecule has 0 radical (unpaired) electrons. The number of hydrogen-bond donors (Lipinski definition) is 2. The quantitative estimate of drug-likeness (QED) is 0.734. The fourth-order valence-corrected chi connectivity index (χ4v) is 2.69. The largest absolute Gasteiger partial charge is 0.479 e. The molecule has 3 atom stereocenters. The zero-order valence-electron chi connectivity index (χ0n) is 11.2. The summed E-state index contributed by atoms with van der Waals surface area (Å²) in [6.07, 6.45) is 1.71. The maximum Gasteiger partial charge on any atom is 0.335 e.